The van der Waals surface area contributed by atoms with Gasteiger partial charge in [-0.25, -0.2) is 0 Å². The molecule has 0 radical (unpaired) electrons. The van der Waals surface area contributed by atoms with Crippen molar-refractivity contribution in [1.82, 2.24) is 10.2 Å². The molecule has 1 saturated heterocycles. The van der Waals surface area contributed by atoms with Gasteiger partial charge < -0.3 is 15.3 Å². The Bertz CT molecular complexity index is 345. The number of carbonyl (C=O) groups excluding carboxylic acids is 1. The number of carbonyl (C=O) groups is 2. The fraction of sp³-hybridized carbons (Fsp3) is 0.857. The average Bonchev–Trinajstić information content (AvgIpc) is 2.91. The number of hydrogen-bond donors (Lipinski definition) is 2. The van der Waals surface area contributed by atoms with Crippen molar-refractivity contribution in [3.8, 4) is 0 Å². The van der Waals surface area contributed by atoms with E-state index < -0.39 is 11.5 Å². The summed E-state index contributed by atoms with van der Waals surface area (Å²) in [5, 5.41) is 12.4. The molecule has 0 bridgehead atoms. The number of nitrogens with zero attached hydrogens (tertiary/aromatic N) is 1. The Labute approximate surface area is 114 Å². The number of carboxylic acids is 1. The van der Waals surface area contributed by atoms with Crippen molar-refractivity contribution in [2.45, 2.75) is 62.9 Å². The van der Waals surface area contributed by atoms with Gasteiger partial charge in [0.1, 0.15) is 0 Å². The molecule has 2 aliphatic rings. The van der Waals surface area contributed by atoms with Crippen LogP contribution in [0.2, 0.25) is 0 Å². The van der Waals surface area contributed by atoms with Crippen molar-refractivity contribution in [2.75, 3.05) is 13.6 Å². The van der Waals surface area contributed by atoms with Crippen LogP contribution in [-0.2, 0) is 9.59 Å². The van der Waals surface area contributed by atoms with Gasteiger partial charge in [0.2, 0.25) is 5.91 Å². The summed E-state index contributed by atoms with van der Waals surface area (Å²) >= 11 is 0. The molecular formula is C14H24N2O3. The van der Waals surface area contributed by atoms with Gasteiger partial charge in [-0.2, -0.15) is 0 Å². The Kier molecular flexibility index (Phi) is 4.45. The van der Waals surface area contributed by atoms with Crippen LogP contribution in [0.25, 0.3) is 0 Å². The minimum Gasteiger partial charge on any atom is -0.481 e. The first kappa shape index (κ1) is 14.3. The molecule has 1 unspecified atom stereocenters. The third-order valence-electron chi connectivity index (χ3n) is 4.67. The number of aliphatic carboxylic acids is 1. The molecule has 1 aliphatic carbocycles. The highest BCUT2D eigenvalue weighted by molar-refractivity contribution is 5.83. The normalized spacial score (nSPS) is 26.1. The highest BCUT2D eigenvalue weighted by atomic mass is 16.4. The van der Waals surface area contributed by atoms with E-state index in [1.165, 1.54) is 0 Å². The molecule has 1 heterocycles. The van der Waals surface area contributed by atoms with E-state index in [1.807, 2.05) is 0 Å². The van der Waals surface area contributed by atoms with Gasteiger partial charge >= 0.3 is 5.97 Å². The molecule has 0 aromatic carbocycles. The fourth-order valence-corrected chi connectivity index (χ4v) is 3.48. The third kappa shape index (κ3) is 3.08. The molecule has 0 spiro atoms. The Morgan fingerprint density at radius 3 is 2.47 bits per heavy atom. The highest BCUT2D eigenvalue weighted by Crippen LogP contribution is 2.36. The second kappa shape index (κ2) is 5.90. The zero-order valence-corrected chi connectivity index (χ0v) is 11.7. The van der Waals surface area contributed by atoms with Gasteiger partial charge in [-0.05, 0) is 32.2 Å². The zero-order chi connectivity index (χ0) is 13.9. The van der Waals surface area contributed by atoms with Crippen molar-refractivity contribution < 1.29 is 14.7 Å². The van der Waals surface area contributed by atoms with Gasteiger partial charge in [0, 0.05) is 7.05 Å². The minimum atomic E-state index is -0.805. The van der Waals surface area contributed by atoms with Crippen LogP contribution >= 0.6 is 0 Å². The minimum absolute atomic E-state index is 0.0700. The summed E-state index contributed by atoms with van der Waals surface area (Å²) in [6, 6.07) is -0.113. The molecule has 19 heavy (non-hydrogen) atoms. The van der Waals surface area contributed by atoms with Crippen LogP contribution < -0.4 is 5.32 Å². The summed E-state index contributed by atoms with van der Waals surface area (Å²) in [4.78, 5) is 25.4. The van der Waals surface area contributed by atoms with Crippen LogP contribution in [0.15, 0.2) is 0 Å². The van der Waals surface area contributed by atoms with E-state index in [9.17, 15) is 14.7 Å². The molecule has 0 aromatic rings. The van der Waals surface area contributed by atoms with E-state index in [-0.39, 0.29) is 18.4 Å². The lowest BCUT2D eigenvalue weighted by Gasteiger charge is -2.44. The molecule has 1 amide bonds. The standard InChI is InChI=1S/C14H24N2O3/c1-16(13(19)11-6-5-9-15-11)14(10-12(17)18)7-3-2-4-8-14/h11,15H,2-10H2,1H3,(H,17,18). The molecule has 0 aromatic heterocycles. The summed E-state index contributed by atoms with van der Waals surface area (Å²) in [5.41, 5.74) is -0.467. The molecule has 108 valence electrons. The quantitative estimate of drug-likeness (QED) is 0.808. The molecule has 1 atom stereocenters. The molecule has 5 nitrogen and oxygen atoms in total. The van der Waals surface area contributed by atoms with Crippen molar-refractivity contribution in [2.24, 2.45) is 0 Å². The summed E-state index contributed by atoms with van der Waals surface area (Å²) in [6.07, 6.45) is 6.77. The predicted octanol–water partition coefficient (Wildman–Crippen LogP) is 1.37. The first-order chi connectivity index (χ1) is 9.05. The van der Waals surface area contributed by atoms with Gasteiger partial charge in [0.15, 0.2) is 0 Å². The van der Waals surface area contributed by atoms with Crippen LogP contribution in [0.3, 0.4) is 0 Å². The SMILES string of the molecule is CN(C(=O)C1CCCN1)C1(CC(=O)O)CCCCC1. The number of amides is 1. The smallest absolute Gasteiger partial charge is 0.305 e. The third-order valence-corrected chi connectivity index (χ3v) is 4.67. The molecule has 2 N–H and O–H groups in total. The summed E-state index contributed by atoms with van der Waals surface area (Å²) in [5.74, 6) is -0.735. The number of carboxylic acid groups (broad SMARTS) is 1. The van der Waals surface area contributed by atoms with E-state index in [0.717, 1.165) is 51.5 Å². The van der Waals surface area contributed by atoms with Crippen molar-refractivity contribution >= 4 is 11.9 Å². The van der Waals surface area contributed by atoms with E-state index in [0.29, 0.717) is 0 Å². The Hall–Kier alpha value is -1.10. The van der Waals surface area contributed by atoms with Crippen LogP contribution in [0.5, 0.6) is 0 Å². The van der Waals surface area contributed by atoms with E-state index >= 15 is 0 Å². The molecule has 5 heteroatoms. The van der Waals surface area contributed by atoms with E-state index in [1.54, 1.807) is 11.9 Å². The molecular weight excluding hydrogens is 244 g/mol. The van der Waals surface area contributed by atoms with Crippen molar-refractivity contribution in [1.29, 1.82) is 0 Å². The summed E-state index contributed by atoms with van der Waals surface area (Å²) in [7, 11) is 1.79. The zero-order valence-electron chi connectivity index (χ0n) is 11.7. The number of nitrogens with one attached hydrogen (secondary N) is 1. The van der Waals surface area contributed by atoms with Gasteiger partial charge in [-0.3, -0.25) is 9.59 Å². The Balaban J connectivity index is 2.11. The average molecular weight is 268 g/mol. The first-order valence-electron chi connectivity index (χ1n) is 7.28. The molecule has 2 fully saturated rings. The van der Waals surface area contributed by atoms with E-state index in [2.05, 4.69) is 5.32 Å². The first-order valence-corrected chi connectivity index (χ1v) is 7.28. The number of hydrogen-bond acceptors (Lipinski definition) is 3. The number of likely N-dealkylation sites (N-methyl/N-ethyl adjacent to an activating group) is 1. The second-order valence-corrected chi connectivity index (χ2v) is 5.90. The molecule has 1 aliphatic heterocycles. The molecule has 2 rings (SSSR count). The topological polar surface area (TPSA) is 69.6 Å². The monoisotopic (exact) mass is 268 g/mol. The Morgan fingerprint density at radius 1 is 1.26 bits per heavy atom. The highest BCUT2D eigenvalue weighted by Gasteiger charge is 2.42. The predicted molar refractivity (Wildman–Crippen MR) is 71.9 cm³/mol. The fourth-order valence-electron chi connectivity index (χ4n) is 3.48. The summed E-state index contributed by atoms with van der Waals surface area (Å²) < 4.78 is 0. The van der Waals surface area contributed by atoms with Gasteiger partial charge in [-0.15, -0.1) is 0 Å². The summed E-state index contributed by atoms with van der Waals surface area (Å²) in [6.45, 7) is 0.885. The van der Waals surface area contributed by atoms with Crippen LogP contribution in [0, 0.1) is 0 Å². The lowest BCUT2D eigenvalue weighted by atomic mass is 9.77. The largest absolute Gasteiger partial charge is 0.481 e. The van der Waals surface area contributed by atoms with Gasteiger partial charge in [0.25, 0.3) is 0 Å². The van der Waals surface area contributed by atoms with Gasteiger partial charge in [-0.1, -0.05) is 19.3 Å². The van der Waals surface area contributed by atoms with Crippen molar-refractivity contribution in [3.63, 3.8) is 0 Å². The van der Waals surface area contributed by atoms with Crippen LogP contribution in [0.1, 0.15) is 51.4 Å². The maximum atomic E-state index is 12.5. The van der Waals surface area contributed by atoms with Gasteiger partial charge in [0.05, 0.1) is 18.0 Å². The lowest BCUT2D eigenvalue weighted by molar-refractivity contribution is -0.146. The van der Waals surface area contributed by atoms with Crippen molar-refractivity contribution in [3.05, 3.63) is 0 Å². The van der Waals surface area contributed by atoms with Crippen LogP contribution in [0.4, 0.5) is 0 Å². The lowest BCUT2D eigenvalue weighted by Crippen LogP contribution is -2.56. The maximum Gasteiger partial charge on any atom is 0.305 e. The molecule has 1 saturated carbocycles. The second-order valence-electron chi connectivity index (χ2n) is 5.90. The maximum absolute atomic E-state index is 12.5. The number of rotatable bonds is 4. The van der Waals surface area contributed by atoms with E-state index in [4.69, 9.17) is 0 Å². The Morgan fingerprint density at radius 2 is 1.95 bits per heavy atom. The van der Waals surface area contributed by atoms with Crippen LogP contribution in [-0.4, -0.2) is 47.1 Å².